The van der Waals surface area contributed by atoms with E-state index in [2.05, 4.69) is 10.3 Å². The summed E-state index contributed by atoms with van der Waals surface area (Å²) in [4.78, 5) is 27.2. The molecule has 0 atom stereocenters. The highest BCUT2D eigenvalue weighted by Gasteiger charge is 2.30. The smallest absolute Gasteiger partial charge is 0.416 e. The van der Waals surface area contributed by atoms with Crippen LogP contribution in [0.5, 0.6) is 5.75 Å². The Morgan fingerprint density at radius 1 is 1.21 bits per heavy atom. The molecule has 1 aromatic heterocycles. The number of alkyl halides is 3. The number of halogens is 4. The largest absolute Gasteiger partial charge is 0.481 e. The van der Waals surface area contributed by atoms with E-state index in [4.69, 9.17) is 21.4 Å². The second kappa shape index (κ2) is 7.64. The van der Waals surface area contributed by atoms with Gasteiger partial charge in [0.05, 0.1) is 21.3 Å². The van der Waals surface area contributed by atoms with Crippen molar-refractivity contribution in [1.82, 2.24) is 4.98 Å². The van der Waals surface area contributed by atoms with Crippen molar-refractivity contribution < 1.29 is 32.6 Å². The number of aromatic nitrogens is 1. The maximum Gasteiger partial charge on any atom is 0.416 e. The Labute approximate surface area is 164 Å². The number of anilines is 1. The van der Waals surface area contributed by atoms with Gasteiger partial charge in [-0.15, -0.1) is 0 Å². The van der Waals surface area contributed by atoms with Crippen LogP contribution >= 0.6 is 22.9 Å². The van der Waals surface area contributed by atoms with E-state index in [-0.39, 0.29) is 27.0 Å². The number of ether oxygens (including phenoxy) is 1. The predicted octanol–water partition coefficient (Wildman–Crippen LogP) is 4.68. The molecule has 0 aliphatic carbocycles. The Morgan fingerprint density at radius 3 is 2.64 bits per heavy atom. The number of hydrogen-bond acceptors (Lipinski definition) is 5. The van der Waals surface area contributed by atoms with E-state index in [0.29, 0.717) is 4.70 Å². The first-order chi connectivity index (χ1) is 13.1. The van der Waals surface area contributed by atoms with Gasteiger partial charge >= 0.3 is 12.1 Å². The van der Waals surface area contributed by atoms with Gasteiger partial charge in [0.1, 0.15) is 5.75 Å². The van der Waals surface area contributed by atoms with Gasteiger partial charge < -0.3 is 9.84 Å². The van der Waals surface area contributed by atoms with Gasteiger partial charge in [-0.1, -0.05) is 22.9 Å². The number of carbonyl (C=O) groups is 2. The summed E-state index contributed by atoms with van der Waals surface area (Å²) in [7, 11) is 0. The first-order valence-corrected chi connectivity index (χ1v) is 8.76. The zero-order chi connectivity index (χ0) is 20.5. The molecule has 3 rings (SSSR count). The Balaban J connectivity index is 1.86. The number of aliphatic carboxylic acids is 1. The molecule has 146 valence electrons. The van der Waals surface area contributed by atoms with Gasteiger partial charge in [0.15, 0.2) is 11.7 Å². The number of nitrogens with zero attached hydrogens (tertiary/aromatic N) is 1. The van der Waals surface area contributed by atoms with E-state index in [1.807, 2.05) is 0 Å². The van der Waals surface area contributed by atoms with Crippen LogP contribution in [-0.4, -0.2) is 28.6 Å². The number of carbonyl (C=O) groups excluding carboxylic acids is 1. The molecule has 0 spiro atoms. The summed E-state index contributed by atoms with van der Waals surface area (Å²) in [5.74, 6) is -1.96. The standard InChI is InChI=1S/C17H10ClF3N2O4S/c18-9-2-3-10(12(6-9)27-7-14(24)25)15(26)23-16-22-11-5-8(17(19,20)21)1-4-13(11)28-16/h1-6H,7H2,(H,24,25)(H,22,23,26). The van der Waals surface area contributed by atoms with Crippen LogP contribution in [0.3, 0.4) is 0 Å². The van der Waals surface area contributed by atoms with Crippen LogP contribution < -0.4 is 10.1 Å². The quantitative estimate of drug-likeness (QED) is 0.613. The van der Waals surface area contributed by atoms with Crippen LogP contribution in [0, 0.1) is 0 Å². The molecule has 0 bridgehead atoms. The van der Waals surface area contributed by atoms with Crippen molar-refractivity contribution in [2.75, 3.05) is 11.9 Å². The number of thiazole rings is 1. The predicted molar refractivity (Wildman–Crippen MR) is 97.2 cm³/mol. The summed E-state index contributed by atoms with van der Waals surface area (Å²) in [6.07, 6.45) is -4.50. The number of hydrogen-bond donors (Lipinski definition) is 2. The van der Waals surface area contributed by atoms with Gasteiger partial charge in [-0.2, -0.15) is 13.2 Å². The Hall–Kier alpha value is -2.85. The maximum atomic E-state index is 12.8. The number of amides is 1. The summed E-state index contributed by atoms with van der Waals surface area (Å²) in [6.45, 7) is -0.679. The minimum Gasteiger partial charge on any atom is -0.481 e. The molecule has 0 aliphatic heterocycles. The molecule has 28 heavy (non-hydrogen) atoms. The number of rotatable bonds is 5. The summed E-state index contributed by atoms with van der Waals surface area (Å²) < 4.78 is 43.9. The minimum absolute atomic E-state index is 0.000821. The molecular formula is C17H10ClF3N2O4S. The average Bonchev–Trinajstić information content (AvgIpc) is 3.00. The number of carboxylic acids is 1. The van der Waals surface area contributed by atoms with E-state index in [9.17, 15) is 22.8 Å². The normalized spacial score (nSPS) is 11.4. The SMILES string of the molecule is O=C(O)COc1cc(Cl)ccc1C(=O)Nc1nc2cc(C(F)(F)F)ccc2s1. The summed E-state index contributed by atoms with van der Waals surface area (Å²) in [5, 5.41) is 11.5. The maximum absolute atomic E-state index is 12.8. The molecular weight excluding hydrogens is 421 g/mol. The van der Waals surface area contributed by atoms with Crippen LogP contribution in [0.1, 0.15) is 15.9 Å². The third-order valence-corrected chi connectivity index (χ3v) is 4.66. The summed E-state index contributed by atoms with van der Waals surface area (Å²) in [5.41, 5.74) is -0.750. The van der Waals surface area contributed by atoms with Crippen LogP contribution in [0.4, 0.5) is 18.3 Å². The second-order valence-corrected chi connectivity index (χ2v) is 6.94. The molecule has 0 radical (unpaired) electrons. The Kier molecular flexibility index (Phi) is 5.43. The van der Waals surface area contributed by atoms with Crippen molar-refractivity contribution in [3.05, 3.63) is 52.5 Å². The van der Waals surface area contributed by atoms with Crippen molar-refractivity contribution >= 4 is 50.2 Å². The van der Waals surface area contributed by atoms with Crippen molar-refractivity contribution in [2.24, 2.45) is 0 Å². The molecule has 0 unspecified atom stereocenters. The molecule has 0 saturated carbocycles. The lowest BCUT2D eigenvalue weighted by Gasteiger charge is -2.10. The van der Waals surface area contributed by atoms with E-state index in [0.717, 1.165) is 23.5 Å². The first-order valence-electron chi connectivity index (χ1n) is 7.57. The number of carboxylic acid groups (broad SMARTS) is 1. The topological polar surface area (TPSA) is 88.5 Å². The molecule has 0 aliphatic rings. The minimum atomic E-state index is -4.50. The van der Waals surface area contributed by atoms with Gasteiger partial charge in [0.25, 0.3) is 5.91 Å². The number of nitrogens with one attached hydrogen (secondary N) is 1. The fourth-order valence-electron chi connectivity index (χ4n) is 2.26. The highest BCUT2D eigenvalue weighted by molar-refractivity contribution is 7.22. The summed E-state index contributed by atoms with van der Waals surface area (Å²) >= 11 is 6.84. The monoisotopic (exact) mass is 430 g/mol. The van der Waals surface area contributed by atoms with Crippen LogP contribution in [0.2, 0.25) is 5.02 Å². The van der Waals surface area contributed by atoms with Crippen molar-refractivity contribution in [3.8, 4) is 5.75 Å². The fourth-order valence-corrected chi connectivity index (χ4v) is 3.27. The zero-order valence-electron chi connectivity index (χ0n) is 13.7. The van der Waals surface area contributed by atoms with E-state index >= 15 is 0 Å². The van der Waals surface area contributed by atoms with Crippen LogP contribution in [0.25, 0.3) is 10.2 Å². The van der Waals surface area contributed by atoms with Gasteiger partial charge in [0.2, 0.25) is 0 Å². The van der Waals surface area contributed by atoms with Crippen LogP contribution in [-0.2, 0) is 11.0 Å². The van der Waals surface area contributed by atoms with E-state index < -0.39 is 30.2 Å². The van der Waals surface area contributed by atoms with Crippen molar-refractivity contribution in [3.63, 3.8) is 0 Å². The van der Waals surface area contributed by atoms with Gasteiger partial charge in [-0.05, 0) is 36.4 Å². The molecule has 11 heteroatoms. The number of fused-ring (bicyclic) bond motifs is 1. The molecule has 6 nitrogen and oxygen atoms in total. The van der Waals surface area contributed by atoms with Crippen LogP contribution in [0.15, 0.2) is 36.4 Å². The molecule has 2 aromatic carbocycles. The van der Waals surface area contributed by atoms with Gasteiger partial charge in [-0.3, -0.25) is 10.1 Å². The zero-order valence-corrected chi connectivity index (χ0v) is 15.3. The van der Waals surface area contributed by atoms with Gasteiger partial charge in [-0.25, -0.2) is 9.78 Å². The fraction of sp³-hybridized carbons (Fsp3) is 0.118. The van der Waals surface area contributed by atoms with E-state index in [1.165, 1.54) is 24.3 Å². The lowest BCUT2D eigenvalue weighted by molar-refractivity contribution is -0.139. The Bertz CT molecular complexity index is 1070. The third kappa shape index (κ3) is 4.52. The molecule has 1 heterocycles. The Morgan fingerprint density at radius 2 is 1.96 bits per heavy atom. The van der Waals surface area contributed by atoms with Crippen molar-refractivity contribution in [1.29, 1.82) is 0 Å². The highest BCUT2D eigenvalue weighted by atomic mass is 35.5. The first kappa shape index (κ1) is 19.9. The molecule has 0 fully saturated rings. The molecule has 2 N–H and O–H groups in total. The van der Waals surface area contributed by atoms with Crippen molar-refractivity contribution in [2.45, 2.75) is 6.18 Å². The lowest BCUT2D eigenvalue weighted by atomic mass is 10.2. The summed E-state index contributed by atoms with van der Waals surface area (Å²) in [6, 6.07) is 7.14. The second-order valence-electron chi connectivity index (χ2n) is 5.48. The average molecular weight is 431 g/mol. The number of benzene rings is 2. The molecule has 3 aromatic rings. The molecule has 1 amide bonds. The molecule has 0 saturated heterocycles. The third-order valence-electron chi connectivity index (χ3n) is 3.47. The highest BCUT2D eigenvalue weighted by Crippen LogP contribution is 2.34. The van der Waals surface area contributed by atoms with E-state index in [1.54, 1.807) is 0 Å². The lowest BCUT2D eigenvalue weighted by Crippen LogP contribution is -2.16. The van der Waals surface area contributed by atoms with Gasteiger partial charge in [0, 0.05) is 5.02 Å².